The largest absolute Gasteiger partial charge is 0.443 e. The van der Waals surface area contributed by atoms with E-state index in [9.17, 15) is 9.59 Å². The van der Waals surface area contributed by atoms with E-state index in [1.165, 1.54) is 12.8 Å². The molecule has 1 aliphatic heterocycles. The van der Waals surface area contributed by atoms with Crippen molar-refractivity contribution < 1.29 is 14.3 Å². The van der Waals surface area contributed by atoms with Crippen molar-refractivity contribution >= 4 is 17.7 Å². The number of anilines is 1. The predicted octanol–water partition coefficient (Wildman–Crippen LogP) is 2.46. The van der Waals surface area contributed by atoms with Gasteiger partial charge in [0.25, 0.3) is 5.91 Å². The van der Waals surface area contributed by atoms with Crippen LogP contribution in [0.15, 0.2) is 24.3 Å². The van der Waals surface area contributed by atoms with Gasteiger partial charge in [-0.25, -0.2) is 10.2 Å². The quantitative estimate of drug-likeness (QED) is 0.823. The minimum Gasteiger partial charge on any atom is -0.443 e. The number of ether oxygens (including phenoxy) is 1. The molecule has 1 heterocycles. The molecule has 0 unspecified atom stereocenters. The van der Waals surface area contributed by atoms with Crippen LogP contribution in [0, 0.1) is 0 Å². The molecular formula is C16H23N3O3. The fourth-order valence-corrected chi connectivity index (χ4v) is 2.28. The Morgan fingerprint density at radius 2 is 1.64 bits per heavy atom. The SMILES string of the molecule is CC(C)(C)OC(=O)NNC(=O)c1ccc(N2CCCC2)cc1. The Hall–Kier alpha value is -2.24. The van der Waals surface area contributed by atoms with Crippen LogP contribution < -0.4 is 15.8 Å². The molecule has 2 rings (SSSR count). The summed E-state index contributed by atoms with van der Waals surface area (Å²) < 4.78 is 5.04. The van der Waals surface area contributed by atoms with Crippen molar-refractivity contribution in [1.29, 1.82) is 0 Å². The topological polar surface area (TPSA) is 70.7 Å². The van der Waals surface area contributed by atoms with E-state index in [1.807, 2.05) is 12.1 Å². The number of rotatable bonds is 2. The average molecular weight is 305 g/mol. The molecule has 0 atom stereocenters. The number of nitrogens with zero attached hydrogens (tertiary/aromatic N) is 1. The average Bonchev–Trinajstić information content (AvgIpc) is 2.97. The van der Waals surface area contributed by atoms with E-state index >= 15 is 0 Å². The van der Waals surface area contributed by atoms with E-state index in [4.69, 9.17) is 4.74 Å². The van der Waals surface area contributed by atoms with Crippen LogP contribution in [0.1, 0.15) is 44.0 Å². The first-order valence-corrected chi connectivity index (χ1v) is 7.49. The number of carbonyl (C=O) groups excluding carboxylic acids is 2. The highest BCUT2D eigenvalue weighted by Gasteiger charge is 2.17. The fraction of sp³-hybridized carbons (Fsp3) is 0.500. The number of nitrogens with one attached hydrogen (secondary N) is 2. The molecule has 120 valence electrons. The van der Waals surface area contributed by atoms with Crippen molar-refractivity contribution in [2.24, 2.45) is 0 Å². The number of hydrogen-bond acceptors (Lipinski definition) is 4. The summed E-state index contributed by atoms with van der Waals surface area (Å²) in [5, 5.41) is 0. The fourth-order valence-electron chi connectivity index (χ4n) is 2.28. The van der Waals surface area contributed by atoms with Crippen LogP contribution in [-0.4, -0.2) is 30.7 Å². The van der Waals surface area contributed by atoms with Gasteiger partial charge in [-0.1, -0.05) is 0 Å². The zero-order valence-corrected chi connectivity index (χ0v) is 13.3. The lowest BCUT2D eigenvalue weighted by Crippen LogP contribution is -2.44. The minimum absolute atomic E-state index is 0.376. The van der Waals surface area contributed by atoms with E-state index in [0.717, 1.165) is 18.8 Å². The molecule has 0 aromatic heterocycles. The van der Waals surface area contributed by atoms with Crippen molar-refractivity contribution in [2.45, 2.75) is 39.2 Å². The standard InChI is InChI=1S/C16H23N3O3/c1-16(2,3)22-15(21)18-17-14(20)12-6-8-13(9-7-12)19-10-4-5-11-19/h6-9H,4-5,10-11H2,1-3H3,(H,17,20)(H,18,21). The first-order valence-electron chi connectivity index (χ1n) is 7.49. The second-order valence-electron chi connectivity index (χ2n) is 6.32. The monoisotopic (exact) mass is 305 g/mol. The van der Waals surface area contributed by atoms with E-state index in [-0.39, 0.29) is 5.91 Å². The molecule has 0 aliphatic carbocycles. The summed E-state index contributed by atoms with van der Waals surface area (Å²) in [6.07, 6.45) is 1.74. The molecule has 22 heavy (non-hydrogen) atoms. The number of hydrogen-bond donors (Lipinski definition) is 2. The molecule has 1 saturated heterocycles. The summed E-state index contributed by atoms with van der Waals surface area (Å²) in [5.41, 5.74) is 5.57. The lowest BCUT2D eigenvalue weighted by atomic mass is 10.2. The van der Waals surface area contributed by atoms with Crippen molar-refractivity contribution in [3.05, 3.63) is 29.8 Å². The first-order chi connectivity index (χ1) is 10.3. The Labute approximate surface area is 130 Å². The molecular weight excluding hydrogens is 282 g/mol. The van der Waals surface area contributed by atoms with Gasteiger partial charge in [-0.05, 0) is 57.9 Å². The van der Waals surface area contributed by atoms with Gasteiger partial charge in [-0.3, -0.25) is 10.2 Å². The lowest BCUT2D eigenvalue weighted by molar-refractivity contribution is 0.0483. The van der Waals surface area contributed by atoms with Crippen molar-refractivity contribution in [1.82, 2.24) is 10.9 Å². The smallest absolute Gasteiger partial charge is 0.426 e. The summed E-state index contributed by atoms with van der Waals surface area (Å²) in [6.45, 7) is 7.39. The van der Waals surface area contributed by atoms with Crippen LogP contribution in [0.4, 0.5) is 10.5 Å². The van der Waals surface area contributed by atoms with Gasteiger partial charge >= 0.3 is 6.09 Å². The highest BCUT2D eigenvalue weighted by molar-refractivity contribution is 5.95. The van der Waals surface area contributed by atoms with Crippen LogP contribution in [0.25, 0.3) is 0 Å². The molecule has 6 heteroatoms. The van der Waals surface area contributed by atoms with E-state index in [1.54, 1.807) is 32.9 Å². The summed E-state index contributed by atoms with van der Waals surface area (Å²) in [6, 6.07) is 7.35. The molecule has 0 bridgehead atoms. The highest BCUT2D eigenvalue weighted by Crippen LogP contribution is 2.20. The van der Waals surface area contributed by atoms with Crippen LogP contribution in [0.3, 0.4) is 0 Å². The molecule has 0 radical (unpaired) electrons. The van der Waals surface area contributed by atoms with Gasteiger partial charge in [-0.15, -0.1) is 0 Å². The van der Waals surface area contributed by atoms with Crippen LogP contribution in [0.5, 0.6) is 0 Å². The van der Waals surface area contributed by atoms with Gasteiger partial charge in [-0.2, -0.15) is 0 Å². The van der Waals surface area contributed by atoms with Crippen molar-refractivity contribution in [3.8, 4) is 0 Å². The Morgan fingerprint density at radius 3 is 2.18 bits per heavy atom. The van der Waals surface area contributed by atoms with Gasteiger partial charge in [0, 0.05) is 24.3 Å². The number of hydrazine groups is 1. The molecule has 6 nitrogen and oxygen atoms in total. The second kappa shape index (κ2) is 6.68. The zero-order valence-electron chi connectivity index (χ0n) is 13.3. The number of carbonyl (C=O) groups is 2. The lowest BCUT2D eigenvalue weighted by Gasteiger charge is -2.20. The van der Waals surface area contributed by atoms with Crippen LogP contribution in [-0.2, 0) is 4.74 Å². The van der Waals surface area contributed by atoms with Gasteiger partial charge in [0.05, 0.1) is 0 Å². The first kappa shape index (κ1) is 16.1. The maximum Gasteiger partial charge on any atom is 0.426 e. The van der Waals surface area contributed by atoms with Gasteiger partial charge < -0.3 is 9.64 Å². The van der Waals surface area contributed by atoms with E-state index in [0.29, 0.717) is 5.56 Å². The van der Waals surface area contributed by atoms with Crippen LogP contribution in [0.2, 0.25) is 0 Å². The third-order valence-electron chi connectivity index (χ3n) is 3.28. The van der Waals surface area contributed by atoms with Crippen LogP contribution >= 0.6 is 0 Å². The summed E-state index contributed by atoms with van der Waals surface area (Å²) in [4.78, 5) is 25.7. The second-order valence-corrected chi connectivity index (χ2v) is 6.32. The Kier molecular flexibility index (Phi) is 4.90. The van der Waals surface area contributed by atoms with E-state index in [2.05, 4.69) is 15.8 Å². The Morgan fingerprint density at radius 1 is 1.05 bits per heavy atom. The number of benzene rings is 1. The third kappa shape index (κ3) is 4.65. The normalized spacial score (nSPS) is 14.6. The summed E-state index contributed by atoms with van der Waals surface area (Å²) in [7, 11) is 0. The zero-order chi connectivity index (χ0) is 16.2. The van der Waals surface area contributed by atoms with Gasteiger partial charge in [0.15, 0.2) is 0 Å². The molecule has 0 spiro atoms. The maximum atomic E-state index is 12.0. The molecule has 1 aromatic carbocycles. The molecule has 2 N–H and O–H groups in total. The van der Waals surface area contributed by atoms with Gasteiger partial charge in [0.2, 0.25) is 0 Å². The molecule has 1 aromatic rings. The molecule has 2 amide bonds. The third-order valence-corrected chi connectivity index (χ3v) is 3.28. The summed E-state index contributed by atoms with van der Waals surface area (Å²) >= 11 is 0. The highest BCUT2D eigenvalue weighted by atomic mass is 16.6. The Balaban J connectivity index is 1.86. The summed E-state index contributed by atoms with van der Waals surface area (Å²) in [5.74, 6) is -0.376. The van der Waals surface area contributed by atoms with E-state index < -0.39 is 11.7 Å². The van der Waals surface area contributed by atoms with Crippen molar-refractivity contribution in [3.63, 3.8) is 0 Å². The maximum absolute atomic E-state index is 12.0. The Bertz CT molecular complexity index is 529. The number of amides is 2. The molecule has 0 saturated carbocycles. The molecule has 1 aliphatic rings. The molecule has 1 fully saturated rings. The minimum atomic E-state index is -0.686. The van der Waals surface area contributed by atoms with Gasteiger partial charge in [0.1, 0.15) is 5.60 Å². The predicted molar refractivity (Wildman–Crippen MR) is 84.7 cm³/mol. The van der Waals surface area contributed by atoms with Crippen molar-refractivity contribution in [2.75, 3.05) is 18.0 Å².